The highest BCUT2D eigenvalue weighted by Crippen LogP contribution is 2.24. The summed E-state index contributed by atoms with van der Waals surface area (Å²) in [6.45, 7) is 1.48. The van der Waals surface area contributed by atoms with Crippen LogP contribution >= 0.6 is 11.6 Å². The first-order valence-corrected chi connectivity index (χ1v) is 7.96. The molecule has 0 radical (unpaired) electrons. The van der Waals surface area contributed by atoms with Crippen molar-refractivity contribution in [3.8, 4) is 5.75 Å². The van der Waals surface area contributed by atoms with Crippen LogP contribution in [0.5, 0.6) is 5.75 Å². The molecule has 0 bridgehead atoms. The Kier molecular flexibility index (Phi) is 5.20. The molecule has 1 N–H and O–H groups in total. The Labute approximate surface area is 139 Å². The maximum atomic E-state index is 12.0. The van der Waals surface area contributed by atoms with E-state index in [4.69, 9.17) is 25.5 Å². The van der Waals surface area contributed by atoms with Gasteiger partial charge in [0, 0.05) is 13.2 Å². The number of halogens is 1. The van der Waals surface area contributed by atoms with Crippen LogP contribution in [-0.4, -0.2) is 25.2 Å². The van der Waals surface area contributed by atoms with E-state index in [9.17, 15) is 4.79 Å². The summed E-state index contributed by atoms with van der Waals surface area (Å²) in [5.74, 6) is 1.16. The SMILES string of the molecule is O=C(NCC1CCCO1)c1ccc(COc2ccccc2Cl)o1. The molecule has 3 rings (SSSR count). The number of hydrogen-bond acceptors (Lipinski definition) is 4. The predicted octanol–water partition coefficient (Wildman–Crippen LogP) is 3.42. The molecule has 1 saturated heterocycles. The number of carbonyl (C=O) groups excluding carboxylic acids is 1. The molecule has 1 aromatic heterocycles. The average Bonchev–Trinajstić information content (AvgIpc) is 3.23. The Hall–Kier alpha value is -1.98. The number of hydrogen-bond donors (Lipinski definition) is 1. The van der Waals surface area contributed by atoms with Gasteiger partial charge in [-0.3, -0.25) is 4.79 Å². The van der Waals surface area contributed by atoms with Gasteiger partial charge >= 0.3 is 0 Å². The third-order valence-electron chi connectivity index (χ3n) is 3.61. The van der Waals surface area contributed by atoms with Crippen LogP contribution in [0.25, 0.3) is 0 Å². The Morgan fingerprint density at radius 1 is 1.30 bits per heavy atom. The van der Waals surface area contributed by atoms with Crippen LogP contribution in [0.1, 0.15) is 29.2 Å². The quantitative estimate of drug-likeness (QED) is 0.878. The minimum Gasteiger partial charge on any atom is -0.484 e. The summed E-state index contributed by atoms with van der Waals surface area (Å²) in [7, 11) is 0. The summed E-state index contributed by atoms with van der Waals surface area (Å²) in [5.41, 5.74) is 0. The molecule has 23 heavy (non-hydrogen) atoms. The predicted molar refractivity (Wildman–Crippen MR) is 85.8 cm³/mol. The zero-order valence-corrected chi connectivity index (χ0v) is 13.3. The molecule has 1 aliphatic heterocycles. The Bertz CT molecular complexity index is 664. The van der Waals surface area contributed by atoms with Gasteiger partial charge in [0.15, 0.2) is 5.76 Å². The number of amides is 1. The molecule has 1 aliphatic rings. The Balaban J connectivity index is 1.51. The van der Waals surface area contributed by atoms with Crippen molar-refractivity contribution in [1.82, 2.24) is 5.32 Å². The van der Waals surface area contributed by atoms with Gasteiger partial charge in [0.25, 0.3) is 5.91 Å². The Morgan fingerprint density at radius 2 is 2.17 bits per heavy atom. The molecular formula is C17H18ClNO4. The summed E-state index contributed by atoms with van der Waals surface area (Å²) < 4.78 is 16.5. The molecule has 2 heterocycles. The number of rotatable bonds is 6. The summed E-state index contributed by atoms with van der Waals surface area (Å²) in [5, 5.41) is 3.35. The maximum absolute atomic E-state index is 12.0. The van der Waals surface area contributed by atoms with E-state index in [2.05, 4.69) is 5.32 Å². The van der Waals surface area contributed by atoms with Gasteiger partial charge in [-0.15, -0.1) is 0 Å². The molecule has 2 aromatic rings. The van der Waals surface area contributed by atoms with E-state index in [1.807, 2.05) is 12.1 Å². The van der Waals surface area contributed by atoms with E-state index in [0.29, 0.717) is 23.1 Å². The first-order valence-electron chi connectivity index (χ1n) is 7.58. The summed E-state index contributed by atoms with van der Waals surface area (Å²) >= 11 is 6.02. The van der Waals surface area contributed by atoms with Crippen LogP contribution in [0.3, 0.4) is 0 Å². The molecule has 0 saturated carbocycles. The monoisotopic (exact) mass is 335 g/mol. The van der Waals surface area contributed by atoms with E-state index in [0.717, 1.165) is 19.4 Å². The van der Waals surface area contributed by atoms with Crippen LogP contribution in [0.2, 0.25) is 5.02 Å². The fourth-order valence-electron chi connectivity index (χ4n) is 2.39. The molecule has 1 aromatic carbocycles. The molecule has 0 aliphatic carbocycles. The third-order valence-corrected chi connectivity index (χ3v) is 3.92. The molecule has 1 unspecified atom stereocenters. The van der Waals surface area contributed by atoms with Gasteiger partial charge in [-0.2, -0.15) is 0 Å². The zero-order valence-electron chi connectivity index (χ0n) is 12.6. The van der Waals surface area contributed by atoms with Gasteiger partial charge in [-0.25, -0.2) is 0 Å². The standard InChI is InChI=1S/C17H18ClNO4/c18-14-5-1-2-6-15(14)22-11-13-7-8-16(23-13)17(20)19-10-12-4-3-9-21-12/h1-2,5-8,12H,3-4,9-11H2,(H,19,20). The van der Waals surface area contributed by atoms with E-state index >= 15 is 0 Å². The van der Waals surface area contributed by atoms with E-state index in [-0.39, 0.29) is 24.4 Å². The van der Waals surface area contributed by atoms with Gasteiger partial charge in [0.05, 0.1) is 11.1 Å². The highest BCUT2D eigenvalue weighted by molar-refractivity contribution is 6.32. The van der Waals surface area contributed by atoms with Crippen LogP contribution in [0.15, 0.2) is 40.8 Å². The highest BCUT2D eigenvalue weighted by Gasteiger charge is 2.18. The molecule has 1 fully saturated rings. The molecule has 1 atom stereocenters. The second-order valence-corrected chi connectivity index (χ2v) is 5.74. The van der Waals surface area contributed by atoms with E-state index < -0.39 is 0 Å². The molecule has 122 valence electrons. The number of carbonyl (C=O) groups is 1. The first kappa shape index (κ1) is 15.9. The average molecular weight is 336 g/mol. The minimum absolute atomic E-state index is 0.108. The lowest BCUT2D eigenvalue weighted by Crippen LogP contribution is -2.31. The van der Waals surface area contributed by atoms with Gasteiger partial charge < -0.3 is 19.2 Å². The number of furan rings is 1. The van der Waals surface area contributed by atoms with Crippen LogP contribution < -0.4 is 10.1 Å². The first-order chi connectivity index (χ1) is 11.2. The molecular weight excluding hydrogens is 318 g/mol. The van der Waals surface area contributed by atoms with Gasteiger partial charge in [0.1, 0.15) is 18.1 Å². The summed E-state index contributed by atoms with van der Waals surface area (Å²) in [6, 6.07) is 10.6. The van der Waals surface area contributed by atoms with Crippen LogP contribution in [0, 0.1) is 0 Å². The highest BCUT2D eigenvalue weighted by atomic mass is 35.5. The fourth-order valence-corrected chi connectivity index (χ4v) is 2.58. The summed E-state index contributed by atoms with van der Waals surface area (Å²) in [4.78, 5) is 12.0. The van der Waals surface area contributed by atoms with Crippen molar-refractivity contribution in [2.45, 2.75) is 25.6 Å². The smallest absolute Gasteiger partial charge is 0.287 e. The number of benzene rings is 1. The number of ether oxygens (including phenoxy) is 2. The van der Waals surface area contributed by atoms with Crippen molar-refractivity contribution >= 4 is 17.5 Å². The lowest BCUT2D eigenvalue weighted by Gasteiger charge is -2.09. The second kappa shape index (κ2) is 7.53. The number of para-hydroxylation sites is 1. The topological polar surface area (TPSA) is 60.7 Å². The third kappa shape index (κ3) is 4.27. The normalized spacial score (nSPS) is 17.2. The second-order valence-electron chi connectivity index (χ2n) is 5.33. The van der Waals surface area contributed by atoms with Gasteiger partial charge in [-0.05, 0) is 37.1 Å². The largest absolute Gasteiger partial charge is 0.484 e. The van der Waals surface area contributed by atoms with Crippen molar-refractivity contribution in [1.29, 1.82) is 0 Å². The minimum atomic E-state index is -0.246. The molecule has 0 spiro atoms. The fraction of sp³-hybridized carbons (Fsp3) is 0.353. The lowest BCUT2D eigenvalue weighted by atomic mass is 10.2. The summed E-state index contributed by atoms with van der Waals surface area (Å²) in [6.07, 6.45) is 2.14. The van der Waals surface area contributed by atoms with Crippen molar-refractivity contribution in [2.75, 3.05) is 13.2 Å². The van der Waals surface area contributed by atoms with Gasteiger partial charge in [-0.1, -0.05) is 23.7 Å². The molecule has 5 nitrogen and oxygen atoms in total. The van der Waals surface area contributed by atoms with Crippen molar-refractivity contribution in [3.05, 3.63) is 52.9 Å². The van der Waals surface area contributed by atoms with E-state index in [1.165, 1.54) is 0 Å². The maximum Gasteiger partial charge on any atom is 0.287 e. The number of nitrogens with one attached hydrogen (secondary N) is 1. The van der Waals surface area contributed by atoms with E-state index in [1.54, 1.807) is 24.3 Å². The van der Waals surface area contributed by atoms with Crippen molar-refractivity contribution in [2.24, 2.45) is 0 Å². The van der Waals surface area contributed by atoms with Crippen molar-refractivity contribution in [3.63, 3.8) is 0 Å². The zero-order chi connectivity index (χ0) is 16.1. The van der Waals surface area contributed by atoms with Crippen molar-refractivity contribution < 1.29 is 18.7 Å². The van der Waals surface area contributed by atoms with Crippen LogP contribution in [-0.2, 0) is 11.3 Å². The lowest BCUT2D eigenvalue weighted by molar-refractivity contribution is 0.0832. The Morgan fingerprint density at radius 3 is 2.96 bits per heavy atom. The van der Waals surface area contributed by atoms with Crippen LogP contribution in [0.4, 0.5) is 0 Å². The van der Waals surface area contributed by atoms with Gasteiger partial charge in [0.2, 0.25) is 0 Å². The molecule has 1 amide bonds. The molecule has 6 heteroatoms.